The quantitative estimate of drug-likeness (QED) is 0.0587. The molecule has 0 aliphatic heterocycles. The molecule has 1 atom stereocenters. The van der Waals surface area contributed by atoms with Crippen LogP contribution in [0.15, 0.2) is 0 Å². The monoisotopic (exact) mass is 717 g/mol. The molecule has 0 aromatic rings. The van der Waals surface area contributed by atoms with Gasteiger partial charge in [-0.3, -0.25) is 28.8 Å². The molecule has 15 heteroatoms. The highest BCUT2D eigenvalue weighted by Gasteiger charge is 2.22. The molecular formula is C35H63N3O12. The van der Waals surface area contributed by atoms with Crippen LogP contribution in [-0.4, -0.2) is 118 Å². The molecule has 290 valence electrons. The lowest BCUT2D eigenvalue weighted by Gasteiger charge is -2.12. The van der Waals surface area contributed by atoms with Gasteiger partial charge in [-0.1, -0.05) is 58.3 Å². The number of hydrogen-bond donors (Lipinski definition) is 5. The van der Waals surface area contributed by atoms with Gasteiger partial charge >= 0.3 is 11.9 Å². The second-order valence-corrected chi connectivity index (χ2v) is 12.1. The Bertz CT molecular complexity index is 935. The zero-order chi connectivity index (χ0) is 37.1. The minimum Gasteiger partial charge on any atom is -0.481 e. The van der Waals surface area contributed by atoms with Gasteiger partial charge in [0.25, 0.3) is 0 Å². The van der Waals surface area contributed by atoms with Crippen molar-refractivity contribution >= 4 is 35.4 Å². The van der Waals surface area contributed by atoms with Gasteiger partial charge in [-0.05, 0) is 25.7 Å². The highest BCUT2D eigenvalue weighted by Crippen LogP contribution is 2.13. The summed E-state index contributed by atoms with van der Waals surface area (Å²) in [6, 6.07) is 0. The largest absolute Gasteiger partial charge is 0.481 e. The average molecular weight is 718 g/mol. The molecule has 3 amide bonds. The number of Topliss-reactive ketones (excluding diaryl/α,β-unsaturated/α-hetero) is 1. The minimum absolute atomic E-state index is 0.0120. The van der Waals surface area contributed by atoms with E-state index in [-0.39, 0.29) is 95.4 Å². The Morgan fingerprint density at radius 2 is 0.980 bits per heavy atom. The van der Waals surface area contributed by atoms with Gasteiger partial charge in [0.2, 0.25) is 17.7 Å². The van der Waals surface area contributed by atoms with Crippen molar-refractivity contribution in [3.63, 3.8) is 0 Å². The van der Waals surface area contributed by atoms with Crippen LogP contribution in [0.5, 0.6) is 0 Å². The van der Waals surface area contributed by atoms with Gasteiger partial charge in [-0.25, -0.2) is 0 Å². The van der Waals surface area contributed by atoms with Crippen molar-refractivity contribution < 1.29 is 57.9 Å². The number of ketones is 1. The first-order valence-corrected chi connectivity index (χ1v) is 18.2. The number of unbranched alkanes of at least 4 members (excludes halogenated alkanes) is 9. The second-order valence-electron chi connectivity index (χ2n) is 12.1. The minimum atomic E-state index is -1.12. The fraction of sp³-hybridized carbons (Fsp3) is 0.829. The zero-order valence-electron chi connectivity index (χ0n) is 30.1. The standard InChI is InChI=1S/C35H63N3O12/c1-2-17-36-32(41)16-15-29(35(45)46)26-30(39)27-49-24-22-48-21-19-38-33(42)28-50-25-23-47-20-18-37-31(40)13-11-9-7-5-3-4-6-8-10-12-14-34(43)44/h29H,2-28H2,1H3,(H,36,41)(H,37,40)(H,38,42)(H,43,44)(H,45,46)/t29-/m1/s1. The first kappa shape index (κ1) is 46.9. The third kappa shape index (κ3) is 33.4. The zero-order valence-corrected chi connectivity index (χ0v) is 30.1. The van der Waals surface area contributed by atoms with Gasteiger partial charge in [0, 0.05) is 45.3 Å². The summed E-state index contributed by atoms with van der Waals surface area (Å²) in [6.45, 7) is 4.21. The van der Waals surface area contributed by atoms with E-state index in [2.05, 4.69) is 16.0 Å². The molecule has 0 saturated heterocycles. The third-order valence-corrected chi connectivity index (χ3v) is 7.54. The number of amides is 3. The number of nitrogens with one attached hydrogen (secondary N) is 3. The van der Waals surface area contributed by atoms with E-state index in [1.165, 1.54) is 12.8 Å². The van der Waals surface area contributed by atoms with Crippen LogP contribution >= 0.6 is 0 Å². The highest BCUT2D eigenvalue weighted by molar-refractivity contribution is 5.85. The van der Waals surface area contributed by atoms with Crippen LogP contribution in [0.2, 0.25) is 0 Å². The van der Waals surface area contributed by atoms with Gasteiger partial charge in [-0.2, -0.15) is 0 Å². The lowest BCUT2D eigenvalue weighted by atomic mass is 9.97. The molecule has 0 radical (unpaired) electrons. The van der Waals surface area contributed by atoms with E-state index in [9.17, 15) is 33.9 Å². The summed E-state index contributed by atoms with van der Waals surface area (Å²) < 4.78 is 21.3. The third-order valence-electron chi connectivity index (χ3n) is 7.54. The molecule has 0 rings (SSSR count). The van der Waals surface area contributed by atoms with Crippen molar-refractivity contribution in [2.45, 2.75) is 110 Å². The Morgan fingerprint density at radius 1 is 0.520 bits per heavy atom. The van der Waals surface area contributed by atoms with Gasteiger partial charge in [0.05, 0.1) is 45.6 Å². The highest BCUT2D eigenvalue weighted by atomic mass is 16.5. The Labute approximate surface area is 297 Å². The van der Waals surface area contributed by atoms with E-state index in [0.29, 0.717) is 32.7 Å². The molecule has 0 aromatic heterocycles. The molecule has 0 fully saturated rings. The van der Waals surface area contributed by atoms with Crippen LogP contribution in [0, 0.1) is 5.92 Å². The molecule has 50 heavy (non-hydrogen) atoms. The van der Waals surface area contributed by atoms with E-state index in [1.54, 1.807) is 0 Å². The molecule has 0 aromatic carbocycles. The topological polar surface area (TPSA) is 216 Å². The molecule has 0 aliphatic carbocycles. The average Bonchev–Trinajstić information content (AvgIpc) is 3.08. The van der Waals surface area contributed by atoms with Gasteiger partial charge < -0.3 is 45.1 Å². The smallest absolute Gasteiger partial charge is 0.306 e. The number of hydrogen-bond acceptors (Lipinski definition) is 10. The van der Waals surface area contributed by atoms with E-state index in [1.807, 2.05) is 6.92 Å². The Hall–Kier alpha value is -3.14. The normalized spacial score (nSPS) is 11.5. The first-order chi connectivity index (χ1) is 24.1. The number of rotatable bonds is 37. The summed E-state index contributed by atoms with van der Waals surface area (Å²) >= 11 is 0. The van der Waals surface area contributed by atoms with E-state index in [4.69, 9.17) is 24.1 Å². The number of carbonyl (C=O) groups is 6. The molecule has 15 nitrogen and oxygen atoms in total. The maximum absolute atomic E-state index is 12.1. The number of carbonyl (C=O) groups excluding carboxylic acids is 4. The fourth-order valence-electron chi connectivity index (χ4n) is 4.74. The van der Waals surface area contributed by atoms with Crippen molar-refractivity contribution in [3.8, 4) is 0 Å². The number of carboxylic acids is 2. The number of aliphatic carboxylic acids is 2. The Balaban J connectivity index is 3.52. The van der Waals surface area contributed by atoms with Crippen molar-refractivity contribution in [1.82, 2.24) is 16.0 Å². The summed E-state index contributed by atoms with van der Waals surface area (Å²) in [5.74, 6) is -3.67. The SMILES string of the molecule is CCCNC(=O)CC[C@H](CC(=O)COCCOCCNC(=O)COCCOCCNC(=O)CCCCCCCCCCCCC(=O)O)C(=O)O. The summed E-state index contributed by atoms with van der Waals surface area (Å²) in [7, 11) is 0. The molecule has 0 heterocycles. The lowest BCUT2D eigenvalue weighted by Crippen LogP contribution is -2.31. The molecule has 5 N–H and O–H groups in total. The second kappa shape index (κ2) is 34.3. The predicted octanol–water partition coefficient (Wildman–Crippen LogP) is 3.02. The van der Waals surface area contributed by atoms with Gasteiger partial charge in [-0.15, -0.1) is 0 Å². The van der Waals surface area contributed by atoms with Crippen molar-refractivity contribution in [2.24, 2.45) is 5.92 Å². The summed E-state index contributed by atoms with van der Waals surface area (Å²) in [5, 5.41) is 26.1. The maximum Gasteiger partial charge on any atom is 0.306 e. The summed E-state index contributed by atoms with van der Waals surface area (Å²) in [6.07, 6.45) is 12.0. The molecule has 0 aliphatic rings. The first-order valence-electron chi connectivity index (χ1n) is 18.2. The molecule has 0 spiro atoms. The summed E-state index contributed by atoms with van der Waals surface area (Å²) in [5.41, 5.74) is 0. The van der Waals surface area contributed by atoms with Crippen molar-refractivity contribution in [1.29, 1.82) is 0 Å². The van der Waals surface area contributed by atoms with Crippen molar-refractivity contribution in [3.05, 3.63) is 0 Å². The van der Waals surface area contributed by atoms with Crippen LogP contribution in [0.25, 0.3) is 0 Å². The molecular weight excluding hydrogens is 654 g/mol. The predicted molar refractivity (Wildman–Crippen MR) is 186 cm³/mol. The maximum atomic E-state index is 12.1. The van der Waals surface area contributed by atoms with Crippen LogP contribution in [0.1, 0.15) is 110 Å². The molecule has 0 bridgehead atoms. The van der Waals surface area contributed by atoms with E-state index >= 15 is 0 Å². The Morgan fingerprint density at radius 3 is 1.52 bits per heavy atom. The summed E-state index contributed by atoms with van der Waals surface area (Å²) in [4.78, 5) is 69.4. The van der Waals surface area contributed by atoms with Crippen LogP contribution < -0.4 is 16.0 Å². The number of carboxylic acid groups (broad SMARTS) is 2. The van der Waals surface area contributed by atoms with Crippen molar-refractivity contribution in [2.75, 3.05) is 72.5 Å². The lowest BCUT2D eigenvalue weighted by molar-refractivity contribution is -0.145. The number of ether oxygens (including phenoxy) is 4. The fourth-order valence-corrected chi connectivity index (χ4v) is 4.74. The van der Waals surface area contributed by atoms with Gasteiger partial charge in [0.15, 0.2) is 5.78 Å². The van der Waals surface area contributed by atoms with E-state index < -0.39 is 17.9 Å². The van der Waals surface area contributed by atoms with Crippen LogP contribution in [0.4, 0.5) is 0 Å². The van der Waals surface area contributed by atoms with Crippen LogP contribution in [-0.2, 0) is 47.7 Å². The van der Waals surface area contributed by atoms with E-state index in [0.717, 1.165) is 57.8 Å². The molecule has 0 unspecified atom stereocenters. The van der Waals surface area contributed by atoms with Crippen LogP contribution in [0.3, 0.4) is 0 Å². The van der Waals surface area contributed by atoms with Gasteiger partial charge in [0.1, 0.15) is 13.2 Å². The Kier molecular flexibility index (Phi) is 32.2. The molecule has 0 saturated carbocycles.